The van der Waals surface area contributed by atoms with Crippen LogP contribution in [-0.2, 0) is 6.42 Å². The van der Waals surface area contributed by atoms with Crippen LogP contribution in [0.3, 0.4) is 0 Å². The number of benzene rings is 1. The van der Waals surface area contributed by atoms with Gasteiger partial charge in [-0.15, -0.1) is 0 Å². The fourth-order valence-corrected chi connectivity index (χ4v) is 2.83. The summed E-state index contributed by atoms with van der Waals surface area (Å²) >= 11 is 6.06. The lowest BCUT2D eigenvalue weighted by molar-refractivity contribution is 0.387. The second-order valence-electron chi connectivity index (χ2n) is 4.54. The predicted octanol–water partition coefficient (Wildman–Crippen LogP) is 3.35. The fourth-order valence-electron chi connectivity index (χ4n) is 2.65. The Morgan fingerprint density at radius 2 is 2.27 bits per heavy atom. The van der Waals surface area contributed by atoms with Crippen molar-refractivity contribution in [3.05, 3.63) is 34.3 Å². The molecule has 0 saturated carbocycles. The van der Waals surface area contributed by atoms with E-state index in [9.17, 15) is 0 Å². The zero-order valence-corrected chi connectivity index (χ0v) is 9.93. The van der Waals surface area contributed by atoms with E-state index in [-0.39, 0.29) is 0 Å². The highest BCUT2D eigenvalue weighted by Crippen LogP contribution is 2.38. The number of hydrogen-bond donors (Lipinski definition) is 1. The van der Waals surface area contributed by atoms with Crippen molar-refractivity contribution in [3.8, 4) is 0 Å². The highest BCUT2D eigenvalue weighted by molar-refractivity contribution is 6.30. The maximum absolute atomic E-state index is 6.06. The highest BCUT2D eigenvalue weighted by Gasteiger charge is 2.25. The van der Waals surface area contributed by atoms with Gasteiger partial charge < -0.3 is 5.73 Å². The molecular formula is C13H18ClN. The largest absolute Gasteiger partial charge is 0.330 e. The highest BCUT2D eigenvalue weighted by atomic mass is 35.5. The average Bonchev–Trinajstić information content (AvgIpc) is 2.23. The zero-order valence-electron chi connectivity index (χ0n) is 9.17. The van der Waals surface area contributed by atoms with Crippen LogP contribution in [0.4, 0.5) is 0 Å². The van der Waals surface area contributed by atoms with E-state index in [0.29, 0.717) is 5.92 Å². The first-order valence-corrected chi connectivity index (χ1v) is 6.08. The predicted molar refractivity (Wildman–Crippen MR) is 65.3 cm³/mol. The van der Waals surface area contributed by atoms with Crippen molar-refractivity contribution >= 4 is 11.6 Å². The molecule has 0 radical (unpaired) electrons. The van der Waals surface area contributed by atoms with Crippen LogP contribution in [0.25, 0.3) is 0 Å². The second kappa shape index (κ2) is 4.54. The molecule has 2 unspecified atom stereocenters. The topological polar surface area (TPSA) is 26.0 Å². The van der Waals surface area contributed by atoms with Gasteiger partial charge in [0.1, 0.15) is 0 Å². The minimum atomic E-state index is 0.609. The van der Waals surface area contributed by atoms with Crippen LogP contribution in [0.2, 0.25) is 5.02 Å². The standard InChI is InChI=1S/C13H18ClN/c1-9-2-3-10-4-5-11(14)8-13(10)12(9)6-7-15/h4-5,8-9,12H,2-3,6-7,15H2,1H3. The second-order valence-corrected chi connectivity index (χ2v) is 4.98. The summed E-state index contributed by atoms with van der Waals surface area (Å²) in [5.41, 5.74) is 8.59. The van der Waals surface area contributed by atoms with Gasteiger partial charge in [0.15, 0.2) is 0 Å². The normalized spacial score (nSPS) is 25.0. The molecule has 1 aliphatic carbocycles. The number of rotatable bonds is 2. The summed E-state index contributed by atoms with van der Waals surface area (Å²) in [6, 6.07) is 6.30. The van der Waals surface area contributed by atoms with Crippen molar-refractivity contribution < 1.29 is 0 Å². The molecule has 0 spiro atoms. The molecule has 0 aromatic heterocycles. The van der Waals surface area contributed by atoms with Gasteiger partial charge in [0.25, 0.3) is 0 Å². The molecule has 0 fully saturated rings. The fraction of sp³-hybridized carbons (Fsp3) is 0.538. The van der Waals surface area contributed by atoms with Crippen LogP contribution in [0.1, 0.15) is 36.8 Å². The Morgan fingerprint density at radius 3 is 3.00 bits per heavy atom. The molecule has 0 amide bonds. The molecule has 0 saturated heterocycles. The molecule has 1 nitrogen and oxygen atoms in total. The number of aryl methyl sites for hydroxylation is 1. The summed E-state index contributed by atoms with van der Waals surface area (Å²) in [7, 11) is 0. The molecule has 2 N–H and O–H groups in total. The van der Waals surface area contributed by atoms with Crippen LogP contribution in [0, 0.1) is 5.92 Å². The molecule has 2 atom stereocenters. The van der Waals surface area contributed by atoms with Gasteiger partial charge in [-0.25, -0.2) is 0 Å². The molecule has 1 aromatic rings. The number of fused-ring (bicyclic) bond motifs is 1. The third-order valence-corrected chi connectivity index (χ3v) is 3.78. The molecule has 0 aliphatic heterocycles. The molecule has 15 heavy (non-hydrogen) atoms. The van der Waals surface area contributed by atoms with Gasteiger partial charge in [0.2, 0.25) is 0 Å². The van der Waals surface area contributed by atoms with Crippen LogP contribution in [0.15, 0.2) is 18.2 Å². The SMILES string of the molecule is CC1CCc2ccc(Cl)cc2C1CCN. The minimum Gasteiger partial charge on any atom is -0.330 e. The first-order valence-electron chi connectivity index (χ1n) is 5.70. The van der Waals surface area contributed by atoms with Crippen LogP contribution >= 0.6 is 11.6 Å². The van der Waals surface area contributed by atoms with Crippen LogP contribution < -0.4 is 5.73 Å². The van der Waals surface area contributed by atoms with Crippen LogP contribution in [-0.4, -0.2) is 6.54 Å². The summed E-state index contributed by atoms with van der Waals surface area (Å²) in [6.07, 6.45) is 3.54. The Kier molecular flexibility index (Phi) is 3.32. The van der Waals surface area contributed by atoms with Crippen molar-refractivity contribution in [3.63, 3.8) is 0 Å². The van der Waals surface area contributed by atoms with Crippen molar-refractivity contribution in [2.75, 3.05) is 6.54 Å². The smallest absolute Gasteiger partial charge is 0.0409 e. The van der Waals surface area contributed by atoms with E-state index in [2.05, 4.69) is 19.1 Å². The third kappa shape index (κ3) is 2.19. The van der Waals surface area contributed by atoms with E-state index in [4.69, 9.17) is 17.3 Å². The van der Waals surface area contributed by atoms with Gasteiger partial charge in [0.05, 0.1) is 0 Å². The van der Waals surface area contributed by atoms with Crippen LogP contribution in [0.5, 0.6) is 0 Å². The summed E-state index contributed by atoms with van der Waals surface area (Å²) < 4.78 is 0. The number of nitrogens with two attached hydrogens (primary N) is 1. The van der Waals surface area contributed by atoms with Crippen molar-refractivity contribution in [2.45, 2.75) is 32.1 Å². The quantitative estimate of drug-likeness (QED) is 0.818. The molecule has 82 valence electrons. The lowest BCUT2D eigenvalue weighted by Gasteiger charge is -2.31. The molecular weight excluding hydrogens is 206 g/mol. The Hall–Kier alpha value is -0.530. The maximum atomic E-state index is 6.06. The summed E-state index contributed by atoms with van der Waals surface area (Å²) in [5.74, 6) is 1.34. The Bertz CT molecular complexity index is 348. The molecule has 1 aliphatic rings. The van der Waals surface area contributed by atoms with E-state index in [1.54, 1.807) is 0 Å². The van der Waals surface area contributed by atoms with Gasteiger partial charge in [-0.3, -0.25) is 0 Å². The number of halogens is 1. The summed E-state index contributed by atoms with van der Waals surface area (Å²) in [4.78, 5) is 0. The Labute approximate surface area is 96.6 Å². The van der Waals surface area contributed by atoms with E-state index in [0.717, 1.165) is 23.9 Å². The first-order chi connectivity index (χ1) is 7.22. The van der Waals surface area contributed by atoms with Gasteiger partial charge >= 0.3 is 0 Å². The lowest BCUT2D eigenvalue weighted by Crippen LogP contribution is -2.21. The Balaban J connectivity index is 2.36. The molecule has 0 bridgehead atoms. The van der Waals surface area contributed by atoms with E-state index < -0.39 is 0 Å². The first kappa shape index (κ1) is 11.0. The van der Waals surface area contributed by atoms with Crippen molar-refractivity contribution in [1.29, 1.82) is 0 Å². The van der Waals surface area contributed by atoms with Crippen molar-refractivity contribution in [2.24, 2.45) is 11.7 Å². The average molecular weight is 224 g/mol. The number of hydrogen-bond acceptors (Lipinski definition) is 1. The molecule has 2 rings (SSSR count). The van der Waals surface area contributed by atoms with E-state index >= 15 is 0 Å². The van der Waals surface area contributed by atoms with Gasteiger partial charge in [0, 0.05) is 5.02 Å². The summed E-state index contributed by atoms with van der Waals surface area (Å²) in [5, 5.41) is 0.852. The zero-order chi connectivity index (χ0) is 10.8. The van der Waals surface area contributed by atoms with Gasteiger partial charge in [-0.05, 0) is 60.9 Å². The van der Waals surface area contributed by atoms with E-state index in [1.807, 2.05) is 6.07 Å². The van der Waals surface area contributed by atoms with E-state index in [1.165, 1.54) is 24.0 Å². The maximum Gasteiger partial charge on any atom is 0.0409 e. The summed E-state index contributed by atoms with van der Waals surface area (Å²) in [6.45, 7) is 3.09. The third-order valence-electron chi connectivity index (χ3n) is 3.54. The Morgan fingerprint density at radius 1 is 1.47 bits per heavy atom. The monoisotopic (exact) mass is 223 g/mol. The molecule has 0 heterocycles. The van der Waals surface area contributed by atoms with Gasteiger partial charge in [-0.1, -0.05) is 24.6 Å². The van der Waals surface area contributed by atoms with Crippen molar-refractivity contribution in [1.82, 2.24) is 0 Å². The molecule has 1 aromatic carbocycles. The molecule has 2 heteroatoms. The lowest BCUT2D eigenvalue weighted by atomic mass is 9.74. The minimum absolute atomic E-state index is 0.609. The van der Waals surface area contributed by atoms with Gasteiger partial charge in [-0.2, -0.15) is 0 Å².